The van der Waals surface area contributed by atoms with E-state index in [2.05, 4.69) is 15.9 Å². The first kappa shape index (κ1) is 13.3. The summed E-state index contributed by atoms with van der Waals surface area (Å²) in [7, 11) is 0. The Balaban J connectivity index is 0.00000169. The number of halogens is 3. The first-order chi connectivity index (χ1) is 6.19. The molecule has 74 valence electrons. The van der Waals surface area contributed by atoms with Crippen molar-refractivity contribution in [1.82, 2.24) is 0 Å². The summed E-state index contributed by atoms with van der Waals surface area (Å²) in [5, 5.41) is 8.57. The first-order valence-corrected chi connectivity index (χ1v) is 4.60. The predicted molar refractivity (Wildman–Crippen MR) is 59.6 cm³/mol. The summed E-state index contributed by atoms with van der Waals surface area (Å²) < 4.78 is 13.0. The third kappa shape index (κ3) is 2.89. The van der Waals surface area contributed by atoms with Crippen LogP contribution in [-0.2, 0) is 0 Å². The van der Waals surface area contributed by atoms with Crippen LogP contribution in [0, 0.1) is 17.1 Å². The Morgan fingerprint density at radius 1 is 1.57 bits per heavy atom. The third-order valence-corrected chi connectivity index (χ3v) is 2.04. The molecule has 14 heavy (non-hydrogen) atoms. The minimum Gasteiger partial charge on any atom is -0.293 e. The molecule has 0 aliphatic heterocycles. The summed E-state index contributed by atoms with van der Waals surface area (Å²) in [6.45, 7) is 0. The van der Waals surface area contributed by atoms with E-state index in [1.165, 1.54) is 12.1 Å². The van der Waals surface area contributed by atoms with Crippen LogP contribution in [0.15, 0.2) is 18.2 Å². The van der Waals surface area contributed by atoms with Crippen LogP contribution in [-0.4, -0.2) is 11.1 Å². The number of carbonyl (C=O) groups excluding carboxylic acids is 1. The normalized spacial score (nSPS) is 8.64. The molecule has 2 nitrogen and oxygen atoms in total. The van der Waals surface area contributed by atoms with Gasteiger partial charge in [0, 0.05) is 5.56 Å². The maximum atomic E-state index is 13.0. The van der Waals surface area contributed by atoms with Gasteiger partial charge in [-0.2, -0.15) is 5.26 Å². The molecule has 0 fully saturated rings. The van der Waals surface area contributed by atoms with Crippen LogP contribution in [0.5, 0.6) is 0 Å². The summed E-state index contributed by atoms with van der Waals surface area (Å²) in [6, 6.07) is 5.49. The van der Waals surface area contributed by atoms with Crippen molar-refractivity contribution in [2.75, 3.05) is 5.33 Å². The quantitative estimate of drug-likeness (QED) is 0.620. The molecule has 1 aromatic carbocycles. The van der Waals surface area contributed by atoms with Gasteiger partial charge in [0.2, 0.25) is 0 Å². The molecular formula is C9H6Br2FNO. The van der Waals surface area contributed by atoms with E-state index >= 15 is 0 Å². The molecule has 1 aromatic rings. The summed E-state index contributed by atoms with van der Waals surface area (Å²) in [5.41, 5.74) is 0.222. The van der Waals surface area contributed by atoms with E-state index in [0.717, 1.165) is 6.07 Å². The van der Waals surface area contributed by atoms with Gasteiger partial charge in [-0.25, -0.2) is 4.39 Å². The molecule has 0 atom stereocenters. The van der Waals surface area contributed by atoms with E-state index in [0.29, 0.717) is 0 Å². The van der Waals surface area contributed by atoms with Gasteiger partial charge in [0.05, 0.1) is 10.9 Å². The zero-order valence-electron chi connectivity index (χ0n) is 6.96. The second-order valence-electron chi connectivity index (χ2n) is 2.36. The number of rotatable bonds is 2. The molecule has 0 aliphatic rings. The van der Waals surface area contributed by atoms with E-state index in [1.807, 2.05) is 0 Å². The van der Waals surface area contributed by atoms with Crippen molar-refractivity contribution in [2.24, 2.45) is 0 Å². The van der Waals surface area contributed by atoms with Gasteiger partial charge in [-0.3, -0.25) is 4.79 Å². The maximum absolute atomic E-state index is 13.0. The lowest BCUT2D eigenvalue weighted by atomic mass is 10.1. The van der Waals surface area contributed by atoms with Crippen LogP contribution in [0.4, 0.5) is 4.39 Å². The highest BCUT2D eigenvalue weighted by atomic mass is 79.9. The molecule has 0 saturated carbocycles. The van der Waals surface area contributed by atoms with Crippen LogP contribution < -0.4 is 0 Å². The second kappa shape index (κ2) is 5.89. The summed E-state index contributed by atoms with van der Waals surface area (Å²) >= 11 is 2.97. The molecule has 0 amide bonds. The fourth-order valence-electron chi connectivity index (χ4n) is 0.856. The first-order valence-electron chi connectivity index (χ1n) is 3.48. The lowest BCUT2D eigenvalue weighted by Gasteiger charge is -1.97. The molecule has 0 unspecified atom stereocenters. The highest BCUT2D eigenvalue weighted by Gasteiger charge is 2.07. The lowest BCUT2D eigenvalue weighted by Crippen LogP contribution is -2.00. The average Bonchev–Trinajstić information content (AvgIpc) is 2.16. The zero-order chi connectivity index (χ0) is 9.84. The molecule has 0 heterocycles. The molecular weight excluding hydrogens is 317 g/mol. The van der Waals surface area contributed by atoms with E-state index in [9.17, 15) is 9.18 Å². The van der Waals surface area contributed by atoms with Crippen molar-refractivity contribution in [2.45, 2.75) is 0 Å². The van der Waals surface area contributed by atoms with Crippen LogP contribution in [0.3, 0.4) is 0 Å². The highest BCUT2D eigenvalue weighted by Crippen LogP contribution is 2.10. The number of hydrogen-bond donors (Lipinski definition) is 0. The summed E-state index contributed by atoms with van der Waals surface area (Å²) in [4.78, 5) is 11.1. The number of Topliss-reactive ketones (excluding diaryl/α,β-unsaturated/α-hetero) is 1. The second-order valence-corrected chi connectivity index (χ2v) is 2.92. The fraction of sp³-hybridized carbons (Fsp3) is 0.111. The number of alkyl halides is 1. The Morgan fingerprint density at radius 3 is 2.64 bits per heavy atom. The largest absolute Gasteiger partial charge is 0.293 e. The average molecular weight is 323 g/mol. The Hall–Kier alpha value is -0.730. The SMILES string of the molecule is Br.N#Cc1ccc(C(=O)CBr)cc1F. The minimum absolute atomic E-state index is 0. The smallest absolute Gasteiger partial charge is 0.173 e. The van der Waals surface area contributed by atoms with Crippen LogP contribution in [0.1, 0.15) is 15.9 Å². The van der Waals surface area contributed by atoms with Crippen molar-refractivity contribution in [3.05, 3.63) is 35.1 Å². The minimum atomic E-state index is -0.658. The Bertz CT molecular complexity index is 387. The number of benzene rings is 1. The third-order valence-electron chi connectivity index (χ3n) is 1.53. The van der Waals surface area contributed by atoms with Crippen LogP contribution in [0.2, 0.25) is 0 Å². The molecule has 0 bridgehead atoms. The van der Waals surface area contributed by atoms with Gasteiger partial charge in [0.25, 0.3) is 0 Å². The molecule has 0 N–H and O–H groups in total. The Kier molecular flexibility index (Phi) is 5.58. The summed E-state index contributed by atoms with van der Waals surface area (Å²) in [5.74, 6) is -0.863. The lowest BCUT2D eigenvalue weighted by molar-refractivity contribution is 0.102. The predicted octanol–water partition coefficient (Wildman–Crippen LogP) is 2.85. The van der Waals surface area contributed by atoms with Crippen molar-refractivity contribution in [1.29, 1.82) is 5.26 Å². The molecule has 5 heteroatoms. The van der Waals surface area contributed by atoms with Gasteiger partial charge < -0.3 is 0 Å². The maximum Gasteiger partial charge on any atom is 0.173 e. The topological polar surface area (TPSA) is 40.9 Å². The Labute approximate surface area is 99.6 Å². The van der Waals surface area contributed by atoms with Gasteiger partial charge in [-0.15, -0.1) is 17.0 Å². The standard InChI is InChI=1S/C9H5BrFNO.BrH/c10-4-9(13)6-1-2-7(5-12)8(11)3-6;/h1-3H,4H2;1H. The van der Waals surface area contributed by atoms with E-state index in [-0.39, 0.29) is 39.2 Å². The molecule has 1 rings (SSSR count). The fourth-order valence-corrected chi connectivity index (χ4v) is 1.18. The van der Waals surface area contributed by atoms with Crippen LogP contribution in [0.25, 0.3) is 0 Å². The van der Waals surface area contributed by atoms with Crippen LogP contribution >= 0.6 is 32.9 Å². The van der Waals surface area contributed by atoms with Crippen molar-refractivity contribution < 1.29 is 9.18 Å². The van der Waals surface area contributed by atoms with Gasteiger partial charge in [0.15, 0.2) is 5.78 Å². The molecule has 0 aromatic heterocycles. The molecule has 0 aliphatic carbocycles. The number of ketones is 1. The number of nitrogens with zero attached hydrogens (tertiary/aromatic N) is 1. The van der Waals surface area contributed by atoms with E-state index in [1.54, 1.807) is 6.07 Å². The van der Waals surface area contributed by atoms with Gasteiger partial charge in [0.1, 0.15) is 11.9 Å². The van der Waals surface area contributed by atoms with Crippen molar-refractivity contribution in [3.63, 3.8) is 0 Å². The number of carbonyl (C=O) groups is 1. The van der Waals surface area contributed by atoms with Gasteiger partial charge in [-0.05, 0) is 18.2 Å². The van der Waals surface area contributed by atoms with Gasteiger partial charge in [-0.1, -0.05) is 15.9 Å². The highest BCUT2D eigenvalue weighted by molar-refractivity contribution is 9.09. The summed E-state index contributed by atoms with van der Waals surface area (Å²) in [6.07, 6.45) is 0. The monoisotopic (exact) mass is 321 g/mol. The van der Waals surface area contributed by atoms with Gasteiger partial charge >= 0.3 is 0 Å². The molecule has 0 spiro atoms. The number of nitriles is 1. The molecule has 0 radical (unpaired) electrons. The molecule has 0 saturated heterocycles. The zero-order valence-corrected chi connectivity index (χ0v) is 10.3. The Morgan fingerprint density at radius 2 is 2.21 bits per heavy atom. The number of hydrogen-bond acceptors (Lipinski definition) is 2. The van der Waals surface area contributed by atoms with Crippen molar-refractivity contribution >= 4 is 38.7 Å². The van der Waals surface area contributed by atoms with Crippen molar-refractivity contribution in [3.8, 4) is 6.07 Å². The van der Waals surface area contributed by atoms with E-state index in [4.69, 9.17) is 5.26 Å². The van der Waals surface area contributed by atoms with E-state index < -0.39 is 5.82 Å².